The maximum atomic E-state index is 12.8. The molecule has 1 aliphatic heterocycles. The van der Waals surface area contributed by atoms with Crippen molar-refractivity contribution in [1.29, 1.82) is 0 Å². The van der Waals surface area contributed by atoms with Crippen molar-refractivity contribution in [1.82, 2.24) is 14.8 Å². The number of alkyl halides is 3. The Morgan fingerprint density at radius 1 is 1.27 bits per heavy atom. The number of anilines is 1. The van der Waals surface area contributed by atoms with Crippen molar-refractivity contribution in [3.8, 4) is 0 Å². The molecule has 1 N–H and O–H groups in total. The van der Waals surface area contributed by atoms with Crippen LogP contribution >= 0.6 is 11.3 Å². The first-order chi connectivity index (χ1) is 12.2. The van der Waals surface area contributed by atoms with E-state index >= 15 is 0 Å². The fraction of sp³-hybridized carbons (Fsp3) is 0.588. The zero-order valence-electron chi connectivity index (χ0n) is 14.8. The second kappa shape index (κ2) is 7.67. The highest BCUT2D eigenvalue weighted by atomic mass is 32.1. The predicted octanol–water partition coefficient (Wildman–Crippen LogP) is 2.36. The van der Waals surface area contributed by atoms with E-state index in [1.807, 2.05) is 0 Å². The number of benzene rings is 1. The summed E-state index contributed by atoms with van der Waals surface area (Å²) in [5, 5.41) is 11.0. The Kier molecular flexibility index (Phi) is 5.71. The number of aliphatic hydroxyl groups is 1. The van der Waals surface area contributed by atoms with E-state index in [-0.39, 0.29) is 0 Å². The summed E-state index contributed by atoms with van der Waals surface area (Å²) in [5.41, 5.74) is -0.361. The molecule has 26 heavy (non-hydrogen) atoms. The van der Waals surface area contributed by atoms with Crippen LogP contribution in [0.5, 0.6) is 0 Å². The average Bonchev–Trinajstić information content (AvgIpc) is 2.99. The minimum absolute atomic E-state index is 0.334. The Bertz CT molecular complexity index is 743. The smallest absolute Gasteiger partial charge is 0.390 e. The normalized spacial score (nSPS) is 18.4. The zero-order valence-corrected chi connectivity index (χ0v) is 15.6. The first kappa shape index (κ1) is 19.3. The van der Waals surface area contributed by atoms with Gasteiger partial charge in [-0.25, -0.2) is 4.98 Å². The van der Waals surface area contributed by atoms with E-state index in [2.05, 4.69) is 21.8 Å². The molecule has 2 aromatic rings. The third-order valence-electron chi connectivity index (χ3n) is 4.58. The summed E-state index contributed by atoms with van der Waals surface area (Å²) in [7, 11) is 3.88. The van der Waals surface area contributed by atoms with Crippen LogP contribution in [0, 0.1) is 0 Å². The standard InChI is InChI=1S/C17H23F3N4OS/c1-22-5-7-24(8-6-22)11-13(25)10-23(2)16-21-14-9-12(17(18,19)20)3-4-15(14)26-16/h3-4,9,13,25H,5-8,10-11H2,1-2H3. The number of thiazole rings is 1. The van der Waals surface area contributed by atoms with Crippen LogP contribution < -0.4 is 4.90 Å². The fourth-order valence-electron chi connectivity index (χ4n) is 3.04. The fourth-order valence-corrected chi connectivity index (χ4v) is 3.95. The molecule has 1 aromatic heterocycles. The van der Waals surface area contributed by atoms with Gasteiger partial charge in [0.2, 0.25) is 0 Å². The van der Waals surface area contributed by atoms with E-state index in [0.717, 1.165) is 38.3 Å². The van der Waals surface area contributed by atoms with Crippen LogP contribution in [0.1, 0.15) is 5.56 Å². The second-order valence-corrected chi connectivity index (χ2v) is 7.82. The third-order valence-corrected chi connectivity index (χ3v) is 5.73. The first-order valence-electron chi connectivity index (χ1n) is 8.50. The van der Waals surface area contributed by atoms with Crippen LogP contribution in [-0.2, 0) is 6.18 Å². The summed E-state index contributed by atoms with van der Waals surface area (Å²) in [6.45, 7) is 4.81. The predicted molar refractivity (Wildman–Crippen MR) is 97.8 cm³/mol. The molecule has 1 saturated heterocycles. The Hall–Kier alpha value is -1.42. The van der Waals surface area contributed by atoms with E-state index in [1.54, 1.807) is 11.9 Å². The molecular weight excluding hydrogens is 365 g/mol. The van der Waals surface area contributed by atoms with Crippen molar-refractivity contribution < 1.29 is 18.3 Å². The number of piperazine rings is 1. The van der Waals surface area contributed by atoms with Gasteiger partial charge in [-0.2, -0.15) is 13.2 Å². The van der Waals surface area contributed by atoms with Gasteiger partial charge in [-0.05, 0) is 25.2 Å². The van der Waals surface area contributed by atoms with Crippen LogP contribution in [0.25, 0.3) is 10.2 Å². The molecule has 9 heteroatoms. The van der Waals surface area contributed by atoms with Gasteiger partial charge in [-0.3, -0.25) is 4.90 Å². The molecule has 1 unspecified atom stereocenters. The SMILES string of the molecule is CN1CCN(CC(O)CN(C)c2nc3cc(C(F)(F)F)ccc3s2)CC1. The van der Waals surface area contributed by atoms with E-state index in [9.17, 15) is 18.3 Å². The number of aromatic nitrogens is 1. The van der Waals surface area contributed by atoms with Crippen LogP contribution in [0.3, 0.4) is 0 Å². The lowest BCUT2D eigenvalue weighted by Crippen LogP contribution is -2.48. The minimum atomic E-state index is -4.37. The molecule has 0 bridgehead atoms. The number of nitrogens with zero attached hydrogens (tertiary/aromatic N) is 4. The van der Waals surface area contributed by atoms with E-state index in [1.165, 1.54) is 17.4 Å². The topological polar surface area (TPSA) is 42.8 Å². The lowest BCUT2D eigenvalue weighted by molar-refractivity contribution is -0.137. The Morgan fingerprint density at radius 2 is 1.96 bits per heavy atom. The van der Waals surface area contributed by atoms with Crippen LogP contribution in [-0.4, -0.2) is 79.4 Å². The molecule has 1 fully saturated rings. The first-order valence-corrected chi connectivity index (χ1v) is 9.32. The lowest BCUT2D eigenvalue weighted by atomic mass is 10.2. The number of rotatable bonds is 5. The van der Waals surface area contributed by atoms with E-state index in [4.69, 9.17) is 0 Å². The van der Waals surface area contributed by atoms with Gasteiger partial charge in [0, 0.05) is 46.3 Å². The summed E-state index contributed by atoms with van der Waals surface area (Å²) < 4.78 is 39.2. The van der Waals surface area contributed by atoms with Gasteiger partial charge in [0.05, 0.1) is 21.9 Å². The third kappa shape index (κ3) is 4.64. The van der Waals surface area contributed by atoms with Crippen molar-refractivity contribution in [2.45, 2.75) is 12.3 Å². The van der Waals surface area contributed by atoms with Gasteiger partial charge in [-0.15, -0.1) is 0 Å². The highest BCUT2D eigenvalue weighted by molar-refractivity contribution is 7.22. The molecular formula is C17H23F3N4OS. The van der Waals surface area contributed by atoms with Crippen molar-refractivity contribution in [3.05, 3.63) is 23.8 Å². The number of fused-ring (bicyclic) bond motifs is 1. The van der Waals surface area contributed by atoms with Crippen molar-refractivity contribution in [2.24, 2.45) is 0 Å². The number of β-amino-alcohol motifs (C(OH)–C–C–N with tert-alkyl or cyclic N) is 1. The quantitative estimate of drug-likeness (QED) is 0.852. The largest absolute Gasteiger partial charge is 0.416 e. The average molecular weight is 388 g/mol. The van der Waals surface area contributed by atoms with Crippen LogP contribution in [0.2, 0.25) is 0 Å². The molecule has 0 spiro atoms. The molecule has 0 saturated carbocycles. The summed E-state index contributed by atoms with van der Waals surface area (Å²) in [6.07, 6.45) is -4.91. The molecule has 5 nitrogen and oxygen atoms in total. The molecule has 144 valence electrons. The number of hydrogen-bond acceptors (Lipinski definition) is 6. The van der Waals surface area contributed by atoms with E-state index < -0.39 is 17.8 Å². The molecule has 0 radical (unpaired) electrons. The molecule has 0 aliphatic carbocycles. The van der Waals surface area contributed by atoms with Gasteiger partial charge in [0.1, 0.15) is 0 Å². The van der Waals surface area contributed by atoms with Crippen molar-refractivity contribution in [3.63, 3.8) is 0 Å². The zero-order chi connectivity index (χ0) is 18.9. The van der Waals surface area contributed by atoms with Crippen molar-refractivity contribution in [2.75, 3.05) is 58.3 Å². The van der Waals surface area contributed by atoms with Gasteiger partial charge in [-0.1, -0.05) is 11.3 Å². The van der Waals surface area contributed by atoms with E-state index in [0.29, 0.717) is 28.4 Å². The number of aliphatic hydroxyl groups excluding tert-OH is 1. The monoisotopic (exact) mass is 388 g/mol. The summed E-state index contributed by atoms with van der Waals surface area (Å²) in [6, 6.07) is 3.60. The highest BCUT2D eigenvalue weighted by Gasteiger charge is 2.31. The number of hydrogen-bond donors (Lipinski definition) is 1. The van der Waals surface area contributed by atoms with Crippen molar-refractivity contribution >= 4 is 26.7 Å². The van der Waals surface area contributed by atoms with Gasteiger partial charge >= 0.3 is 6.18 Å². The molecule has 1 aliphatic rings. The Morgan fingerprint density at radius 3 is 2.62 bits per heavy atom. The Balaban J connectivity index is 1.62. The molecule has 2 heterocycles. The minimum Gasteiger partial charge on any atom is -0.390 e. The lowest BCUT2D eigenvalue weighted by Gasteiger charge is -2.34. The molecule has 1 aromatic carbocycles. The Labute approximate surface area is 154 Å². The molecule has 3 rings (SSSR count). The summed E-state index contributed by atoms with van der Waals surface area (Å²) in [5.74, 6) is 0. The highest BCUT2D eigenvalue weighted by Crippen LogP contribution is 2.34. The number of likely N-dealkylation sites (N-methyl/N-ethyl adjacent to an activating group) is 2. The summed E-state index contributed by atoms with van der Waals surface area (Å²) >= 11 is 1.33. The van der Waals surface area contributed by atoms with Crippen LogP contribution in [0.4, 0.5) is 18.3 Å². The van der Waals surface area contributed by atoms with Gasteiger partial charge in [0.15, 0.2) is 5.13 Å². The van der Waals surface area contributed by atoms with Crippen LogP contribution in [0.15, 0.2) is 18.2 Å². The maximum Gasteiger partial charge on any atom is 0.416 e. The summed E-state index contributed by atoms with van der Waals surface area (Å²) in [4.78, 5) is 10.6. The second-order valence-electron chi connectivity index (χ2n) is 6.81. The maximum absolute atomic E-state index is 12.8. The van der Waals surface area contributed by atoms with Gasteiger partial charge < -0.3 is 14.9 Å². The van der Waals surface area contributed by atoms with Gasteiger partial charge in [0.25, 0.3) is 0 Å². The molecule has 1 atom stereocenters. The molecule has 0 amide bonds. The number of halogens is 3.